The van der Waals surface area contributed by atoms with E-state index in [0.29, 0.717) is 53.1 Å². The summed E-state index contributed by atoms with van der Waals surface area (Å²) in [5.41, 5.74) is 1.81. The number of thiazole rings is 1. The number of carbonyl (C=O) groups excluding carboxylic acids is 1. The molecule has 1 fully saturated rings. The van der Waals surface area contributed by atoms with E-state index in [1.54, 1.807) is 47.1 Å². The van der Waals surface area contributed by atoms with Crippen LogP contribution in [0.3, 0.4) is 0 Å². The standard InChI is InChI=1S/C27H23F4N5O2S2/c1-35-14-21(12-33-35)40(38)15-16-2-3-18-8-22-17(11-34-36(22)20-6-4-19(28)5-7-20)10-26(18,9-16)24(37)25-32-13-23(39-25)27(29,30)31/h4-8,11-14,16H,2-3,9-10,15H2,1H3. The van der Waals surface area contributed by atoms with Gasteiger partial charge in [0.15, 0.2) is 5.01 Å². The van der Waals surface area contributed by atoms with E-state index in [4.69, 9.17) is 0 Å². The molecule has 0 bridgehead atoms. The van der Waals surface area contributed by atoms with Crippen LogP contribution in [-0.4, -0.2) is 40.3 Å². The Kier molecular flexibility index (Phi) is 6.61. The van der Waals surface area contributed by atoms with Crippen molar-refractivity contribution < 1.29 is 26.6 Å². The van der Waals surface area contributed by atoms with Crippen LogP contribution < -0.4 is 0 Å². The van der Waals surface area contributed by atoms with Crippen LogP contribution >= 0.6 is 11.3 Å². The summed E-state index contributed by atoms with van der Waals surface area (Å²) in [6.45, 7) is 0. The molecule has 6 rings (SSSR count). The number of fused-ring (bicyclic) bond motifs is 2. The van der Waals surface area contributed by atoms with Gasteiger partial charge in [0.25, 0.3) is 0 Å². The van der Waals surface area contributed by atoms with Crippen LogP contribution in [0.2, 0.25) is 0 Å². The topological polar surface area (TPSA) is 82.7 Å². The third-order valence-electron chi connectivity index (χ3n) is 7.58. The predicted octanol–water partition coefficient (Wildman–Crippen LogP) is 5.64. The molecule has 2 aliphatic rings. The molecule has 0 aliphatic heterocycles. The molecule has 40 heavy (non-hydrogen) atoms. The van der Waals surface area contributed by atoms with Gasteiger partial charge in [0, 0.05) is 19.0 Å². The SMILES string of the molecule is Cn1cc(S(=O)CC2CCC3=Cc4c(cnn4-c4ccc(F)cc4)CC3(C(=O)c3ncc(C(F)(F)F)s3)C2)cn1. The van der Waals surface area contributed by atoms with E-state index in [-0.39, 0.29) is 23.2 Å². The summed E-state index contributed by atoms with van der Waals surface area (Å²) in [6.07, 6.45) is 4.60. The first-order valence-electron chi connectivity index (χ1n) is 12.5. The third kappa shape index (κ3) is 4.74. The normalized spacial score (nSPS) is 21.4. The molecule has 3 atom stereocenters. The van der Waals surface area contributed by atoms with Gasteiger partial charge in [0.05, 0.1) is 51.1 Å². The first-order valence-corrected chi connectivity index (χ1v) is 14.7. The maximum Gasteiger partial charge on any atom is 0.427 e. The van der Waals surface area contributed by atoms with Gasteiger partial charge in [0.2, 0.25) is 5.78 Å². The van der Waals surface area contributed by atoms with Gasteiger partial charge < -0.3 is 0 Å². The van der Waals surface area contributed by atoms with E-state index < -0.39 is 33.1 Å². The Morgan fingerprint density at radius 3 is 2.62 bits per heavy atom. The highest BCUT2D eigenvalue weighted by atomic mass is 32.2. The van der Waals surface area contributed by atoms with Crippen LogP contribution in [-0.2, 0) is 30.4 Å². The largest absolute Gasteiger partial charge is 0.427 e. The van der Waals surface area contributed by atoms with Gasteiger partial charge in [0.1, 0.15) is 10.7 Å². The minimum absolute atomic E-state index is 0.113. The van der Waals surface area contributed by atoms with Crippen molar-refractivity contribution in [2.45, 2.75) is 36.8 Å². The van der Waals surface area contributed by atoms with Crippen LogP contribution in [0.25, 0.3) is 11.8 Å². The fraction of sp³-hybridized carbons (Fsp3) is 0.333. The Hall–Kier alpha value is -3.45. The van der Waals surface area contributed by atoms with Crippen molar-refractivity contribution in [3.63, 3.8) is 0 Å². The van der Waals surface area contributed by atoms with Crippen LogP contribution in [0, 0.1) is 17.2 Å². The zero-order valence-corrected chi connectivity index (χ0v) is 22.8. The summed E-state index contributed by atoms with van der Waals surface area (Å²) in [6, 6.07) is 5.88. The summed E-state index contributed by atoms with van der Waals surface area (Å²) < 4.78 is 70.0. The molecule has 3 unspecified atom stereocenters. The summed E-state index contributed by atoms with van der Waals surface area (Å²) in [7, 11) is 0.390. The van der Waals surface area contributed by atoms with Gasteiger partial charge in [-0.3, -0.25) is 13.7 Å². The smallest absolute Gasteiger partial charge is 0.290 e. The summed E-state index contributed by atoms with van der Waals surface area (Å²) >= 11 is 0.351. The molecule has 1 saturated carbocycles. The van der Waals surface area contributed by atoms with E-state index in [1.165, 1.54) is 12.1 Å². The number of halogens is 4. The number of ketones is 1. The number of alkyl halides is 3. The Labute approximate surface area is 233 Å². The Morgan fingerprint density at radius 1 is 1.18 bits per heavy atom. The number of hydrogen-bond acceptors (Lipinski definition) is 6. The summed E-state index contributed by atoms with van der Waals surface area (Å²) in [5, 5.41) is 8.38. The molecule has 0 N–H and O–H groups in total. The minimum atomic E-state index is -4.60. The third-order valence-corrected chi connectivity index (χ3v) is 10.1. The number of allylic oxidation sites excluding steroid dienone is 1. The lowest BCUT2D eigenvalue weighted by atomic mass is 9.60. The number of hydrogen-bond donors (Lipinski definition) is 0. The van der Waals surface area contributed by atoms with Crippen molar-refractivity contribution in [3.05, 3.63) is 81.6 Å². The molecule has 0 spiro atoms. The Bertz CT molecular complexity index is 1650. The molecule has 7 nitrogen and oxygen atoms in total. The van der Waals surface area contributed by atoms with E-state index >= 15 is 0 Å². The van der Waals surface area contributed by atoms with Gasteiger partial charge >= 0.3 is 6.18 Å². The molecular formula is C27H23F4N5O2S2. The molecule has 1 aromatic carbocycles. The molecule has 0 amide bonds. The highest BCUT2D eigenvalue weighted by Crippen LogP contribution is 2.52. The summed E-state index contributed by atoms with van der Waals surface area (Å²) in [4.78, 5) is 17.7. The zero-order valence-electron chi connectivity index (χ0n) is 21.2. The molecule has 13 heteroatoms. The molecule has 3 aromatic heterocycles. The lowest BCUT2D eigenvalue weighted by Gasteiger charge is -2.43. The lowest BCUT2D eigenvalue weighted by molar-refractivity contribution is -0.134. The zero-order chi connectivity index (χ0) is 28.2. The van der Waals surface area contributed by atoms with Crippen molar-refractivity contribution >= 4 is 34.0 Å². The first-order chi connectivity index (χ1) is 19.0. The quantitative estimate of drug-likeness (QED) is 0.215. The fourth-order valence-corrected chi connectivity index (χ4v) is 7.85. The minimum Gasteiger partial charge on any atom is -0.290 e. The van der Waals surface area contributed by atoms with Gasteiger partial charge in [-0.15, -0.1) is 11.3 Å². The second-order valence-corrected chi connectivity index (χ2v) is 12.7. The average Bonchev–Trinajstić information content (AvgIpc) is 3.67. The molecule has 4 aromatic rings. The second-order valence-electron chi connectivity index (χ2n) is 10.2. The lowest BCUT2D eigenvalue weighted by Crippen LogP contribution is -2.43. The Balaban J connectivity index is 1.38. The van der Waals surface area contributed by atoms with Crippen molar-refractivity contribution in [2.24, 2.45) is 18.4 Å². The van der Waals surface area contributed by atoms with Crippen molar-refractivity contribution in [2.75, 3.05) is 5.75 Å². The number of aromatic nitrogens is 5. The summed E-state index contributed by atoms with van der Waals surface area (Å²) in [5.74, 6) is -0.646. The highest BCUT2D eigenvalue weighted by molar-refractivity contribution is 7.85. The van der Waals surface area contributed by atoms with Crippen molar-refractivity contribution in [3.8, 4) is 5.69 Å². The van der Waals surface area contributed by atoms with Crippen molar-refractivity contribution in [1.29, 1.82) is 0 Å². The number of aryl methyl sites for hydroxylation is 1. The van der Waals surface area contributed by atoms with Gasteiger partial charge in [-0.05, 0) is 67.5 Å². The molecule has 0 saturated heterocycles. The molecule has 2 aliphatic carbocycles. The van der Waals surface area contributed by atoms with E-state index in [0.717, 1.165) is 16.8 Å². The van der Waals surface area contributed by atoms with Crippen LogP contribution in [0.4, 0.5) is 17.6 Å². The maximum absolute atomic E-state index is 14.1. The average molecular weight is 590 g/mol. The number of carbonyl (C=O) groups is 1. The number of benzene rings is 1. The van der Waals surface area contributed by atoms with E-state index in [9.17, 15) is 26.6 Å². The van der Waals surface area contributed by atoms with E-state index in [2.05, 4.69) is 15.2 Å². The first kappa shape index (κ1) is 26.8. The van der Waals surface area contributed by atoms with Crippen LogP contribution in [0.1, 0.15) is 45.2 Å². The monoisotopic (exact) mass is 589 g/mol. The Morgan fingerprint density at radius 2 is 1.95 bits per heavy atom. The van der Waals surface area contributed by atoms with Gasteiger partial charge in [-0.2, -0.15) is 23.4 Å². The van der Waals surface area contributed by atoms with Crippen molar-refractivity contribution in [1.82, 2.24) is 24.5 Å². The molecular weight excluding hydrogens is 566 g/mol. The van der Waals surface area contributed by atoms with Crippen LogP contribution in [0.5, 0.6) is 0 Å². The maximum atomic E-state index is 14.1. The van der Waals surface area contributed by atoms with E-state index in [1.807, 2.05) is 6.08 Å². The number of Topliss-reactive ketones (excluding diaryl/α,β-unsaturated/α-hetero) is 1. The predicted molar refractivity (Wildman–Crippen MR) is 141 cm³/mol. The fourth-order valence-electron chi connectivity index (χ4n) is 5.68. The van der Waals surface area contributed by atoms with Gasteiger partial charge in [-0.1, -0.05) is 5.57 Å². The molecule has 0 radical (unpaired) electrons. The highest BCUT2D eigenvalue weighted by Gasteiger charge is 2.50. The number of rotatable bonds is 6. The number of nitrogens with zero attached hydrogens (tertiary/aromatic N) is 5. The molecule has 208 valence electrons. The van der Waals surface area contributed by atoms with Crippen LogP contribution in [0.15, 0.2) is 59.5 Å². The van der Waals surface area contributed by atoms with Gasteiger partial charge in [-0.25, -0.2) is 14.1 Å². The second kappa shape index (κ2) is 9.88. The molecule has 3 heterocycles.